The summed E-state index contributed by atoms with van der Waals surface area (Å²) in [4.78, 5) is 23.9. The lowest BCUT2D eigenvalue weighted by Gasteiger charge is -2.37. The predicted octanol–water partition coefficient (Wildman–Crippen LogP) is 2.31. The Labute approximate surface area is 121 Å². The molecule has 6 nitrogen and oxygen atoms in total. The summed E-state index contributed by atoms with van der Waals surface area (Å²) in [6, 6.07) is 0. The molecule has 1 amide bonds. The Balaban J connectivity index is 2.18. The Hall–Kier alpha value is -1.50. The smallest absolute Gasteiger partial charge is 0.309 e. The molecule has 2 rings (SSSR count). The Morgan fingerprint density at radius 3 is 2.45 bits per heavy atom. The predicted molar refractivity (Wildman–Crippen MR) is 75.5 cm³/mol. The number of carboxylic acid groups (broad SMARTS) is 1. The summed E-state index contributed by atoms with van der Waals surface area (Å²) in [5.74, 6) is -1.35. The zero-order chi connectivity index (χ0) is 15.1. The number of nitrogens with one attached hydrogen (secondary N) is 1. The van der Waals surface area contributed by atoms with Gasteiger partial charge < -0.3 is 10.4 Å². The van der Waals surface area contributed by atoms with E-state index >= 15 is 0 Å². The van der Waals surface area contributed by atoms with Gasteiger partial charge in [-0.1, -0.05) is 25.2 Å². The van der Waals surface area contributed by atoms with Crippen molar-refractivity contribution < 1.29 is 14.7 Å². The van der Waals surface area contributed by atoms with E-state index in [2.05, 4.69) is 15.5 Å². The lowest BCUT2D eigenvalue weighted by Crippen LogP contribution is -2.43. The number of aryl methyl sites for hydroxylation is 1. The number of carbonyl (C=O) groups is 2. The first kappa shape index (κ1) is 14.9. The van der Waals surface area contributed by atoms with Crippen LogP contribution in [0.3, 0.4) is 0 Å². The Kier molecular flexibility index (Phi) is 3.58. The molecule has 20 heavy (non-hydrogen) atoms. The summed E-state index contributed by atoms with van der Waals surface area (Å²) < 4.78 is 0. The number of hydrogen-bond acceptors (Lipinski definition) is 5. The number of hydrogen-bond donors (Lipinski definition) is 2. The minimum atomic E-state index is -0.883. The van der Waals surface area contributed by atoms with E-state index in [1.54, 1.807) is 6.92 Å². The Morgan fingerprint density at radius 1 is 1.35 bits per heavy atom. The molecule has 1 aliphatic carbocycles. The van der Waals surface area contributed by atoms with Crippen LogP contribution in [0.2, 0.25) is 0 Å². The third-order valence-electron chi connectivity index (χ3n) is 4.77. The molecule has 0 aromatic carbocycles. The molecule has 110 valence electrons. The number of carbonyl (C=O) groups excluding carboxylic acids is 1. The second-order valence-corrected chi connectivity index (χ2v) is 7.25. The molecule has 2 atom stereocenters. The number of aromatic nitrogens is 2. The number of aliphatic carboxylic acids is 1. The van der Waals surface area contributed by atoms with E-state index in [0.29, 0.717) is 18.0 Å². The third kappa shape index (κ3) is 2.19. The van der Waals surface area contributed by atoms with Crippen LogP contribution in [0.4, 0.5) is 5.13 Å². The number of carboxylic acids is 1. The van der Waals surface area contributed by atoms with Gasteiger partial charge in [0.15, 0.2) is 0 Å². The molecule has 2 N–H and O–H groups in total. The van der Waals surface area contributed by atoms with Gasteiger partial charge in [0.1, 0.15) is 5.01 Å². The summed E-state index contributed by atoms with van der Waals surface area (Å²) >= 11 is 1.31. The van der Waals surface area contributed by atoms with Gasteiger partial charge in [0, 0.05) is 5.92 Å². The summed E-state index contributed by atoms with van der Waals surface area (Å²) in [6.07, 6.45) is 1.07. The quantitative estimate of drug-likeness (QED) is 0.893. The Morgan fingerprint density at radius 2 is 2.00 bits per heavy atom. The molecular formula is C13H19N3O3S. The van der Waals surface area contributed by atoms with Crippen LogP contribution in [-0.4, -0.2) is 27.2 Å². The largest absolute Gasteiger partial charge is 0.481 e. The number of anilines is 1. The molecule has 0 radical (unpaired) electrons. The first-order valence-corrected chi connectivity index (χ1v) is 7.34. The first-order valence-electron chi connectivity index (χ1n) is 6.53. The van der Waals surface area contributed by atoms with E-state index < -0.39 is 16.8 Å². The first-order chi connectivity index (χ1) is 9.18. The van der Waals surface area contributed by atoms with Crippen molar-refractivity contribution in [2.45, 2.75) is 40.5 Å². The Bertz CT molecular complexity index is 555. The summed E-state index contributed by atoms with van der Waals surface area (Å²) in [6.45, 7) is 7.24. The molecule has 0 unspecified atom stereocenters. The van der Waals surface area contributed by atoms with Gasteiger partial charge in [-0.05, 0) is 32.1 Å². The monoisotopic (exact) mass is 297 g/mol. The standard InChI is InChI=1S/C13H19N3O3S/c1-7-15-16-11(20-7)14-9(17)8-5-6-13(4,10(18)19)12(8,2)3/h8H,5-6H2,1-4H3,(H,18,19)(H,14,16,17)/t8-,13-/m0/s1. The second-order valence-electron chi connectivity index (χ2n) is 6.07. The van der Waals surface area contributed by atoms with Crippen molar-refractivity contribution in [1.82, 2.24) is 10.2 Å². The maximum atomic E-state index is 12.4. The van der Waals surface area contributed by atoms with Crippen LogP contribution in [0, 0.1) is 23.7 Å². The molecule has 0 aliphatic heterocycles. The van der Waals surface area contributed by atoms with Crippen molar-refractivity contribution in [2.24, 2.45) is 16.7 Å². The van der Waals surface area contributed by atoms with Gasteiger partial charge in [0.05, 0.1) is 5.41 Å². The van der Waals surface area contributed by atoms with Crippen LogP contribution in [-0.2, 0) is 9.59 Å². The highest BCUT2D eigenvalue weighted by Crippen LogP contribution is 2.56. The molecule has 1 heterocycles. The third-order valence-corrected chi connectivity index (χ3v) is 5.53. The molecule has 1 aromatic rings. The fourth-order valence-electron chi connectivity index (χ4n) is 2.88. The SMILES string of the molecule is Cc1nnc(NC(=O)[C@@H]2CC[C@@](C)(C(=O)O)C2(C)C)s1. The minimum Gasteiger partial charge on any atom is -0.481 e. The second kappa shape index (κ2) is 4.80. The molecule has 1 aliphatic rings. The maximum absolute atomic E-state index is 12.4. The van der Waals surface area contributed by atoms with Gasteiger partial charge in [-0.2, -0.15) is 0 Å². The highest BCUT2D eigenvalue weighted by molar-refractivity contribution is 7.15. The summed E-state index contributed by atoms with van der Waals surface area (Å²) in [5, 5.41) is 21.2. The van der Waals surface area contributed by atoms with Crippen LogP contribution in [0.15, 0.2) is 0 Å². The lowest BCUT2D eigenvalue weighted by atomic mass is 9.65. The van der Waals surface area contributed by atoms with Crippen molar-refractivity contribution in [1.29, 1.82) is 0 Å². The van der Waals surface area contributed by atoms with Crippen LogP contribution >= 0.6 is 11.3 Å². The molecule has 0 bridgehead atoms. The van der Waals surface area contributed by atoms with E-state index in [1.165, 1.54) is 11.3 Å². The summed E-state index contributed by atoms with van der Waals surface area (Å²) in [5.41, 5.74) is -1.49. The fourth-order valence-corrected chi connectivity index (χ4v) is 3.48. The molecule has 7 heteroatoms. The fraction of sp³-hybridized carbons (Fsp3) is 0.692. The highest BCUT2D eigenvalue weighted by atomic mass is 32.1. The molecule has 0 saturated heterocycles. The van der Waals surface area contributed by atoms with Gasteiger partial charge in [-0.3, -0.25) is 9.59 Å². The van der Waals surface area contributed by atoms with Crippen molar-refractivity contribution in [3.63, 3.8) is 0 Å². The van der Waals surface area contributed by atoms with Gasteiger partial charge in [-0.15, -0.1) is 10.2 Å². The molecule has 1 aromatic heterocycles. The number of amides is 1. The van der Waals surface area contributed by atoms with E-state index in [1.807, 2.05) is 20.8 Å². The van der Waals surface area contributed by atoms with Crippen LogP contribution in [0.25, 0.3) is 0 Å². The van der Waals surface area contributed by atoms with E-state index in [4.69, 9.17) is 0 Å². The van der Waals surface area contributed by atoms with Crippen LogP contribution < -0.4 is 5.32 Å². The molecule has 1 fully saturated rings. The van der Waals surface area contributed by atoms with E-state index in [-0.39, 0.29) is 11.8 Å². The minimum absolute atomic E-state index is 0.170. The average molecular weight is 297 g/mol. The van der Waals surface area contributed by atoms with Crippen molar-refractivity contribution in [3.05, 3.63) is 5.01 Å². The average Bonchev–Trinajstić information content (AvgIpc) is 2.83. The van der Waals surface area contributed by atoms with Gasteiger partial charge in [0.2, 0.25) is 11.0 Å². The number of rotatable bonds is 3. The lowest BCUT2D eigenvalue weighted by molar-refractivity contribution is -0.154. The normalized spacial score (nSPS) is 28.3. The maximum Gasteiger partial charge on any atom is 0.309 e. The number of nitrogens with zero attached hydrogens (tertiary/aromatic N) is 2. The summed E-state index contributed by atoms with van der Waals surface area (Å²) in [7, 11) is 0. The highest BCUT2D eigenvalue weighted by Gasteiger charge is 2.58. The molecule has 1 saturated carbocycles. The van der Waals surface area contributed by atoms with Crippen molar-refractivity contribution in [2.75, 3.05) is 5.32 Å². The molecule has 0 spiro atoms. The van der Waals surface area contributed by atoms with Crippen molar-refractivity contribution >= 4 is 28.3 Å². The molecular weight excluding hydrogens is 278 g/mol. The van der Waals surface area contributed by atoms with E-state index in [9.17, 15) is 14.7 Å². The van der Waals surface area contributed by atoms with Crippen LogP contribution in [0.5, 0.6) is 0 Å². The zero-order valence-corrected chi connectivity index (χ0v) is 12.9. The van der Waals surface area contributed by atoms with Gasteiger partial charge >= 0.3 is 5.97 Å². The zero-order valence-electron chi connectivity index (χ0n) is 12.1. The van der Waals surface area contributed by atoms with Gasteiger partial charge in [0.25, 0.3) is 0 Å². The van der Waals surface area contributed by atoms with E-state index in [0.717, 1.165) is 5.01 Å². The van der Waals surface area contributed by atoms with Crippen LogP contribution in [0.1, 0.15) is 38.6 Å². The van der Waals surface area contributed by atoms with Gasteiger partial charge in [-0.25, -0.2) is 0 Å². The topological polar surface area (TPSA) is 92.2 Å². The van der Waals surface area contributed by atoms with Crippen molar-refractivity contribution in [3.8, 4) is 0 Å².